The number of amides is 1. The summed E-state index contributed by atoms with van der Waals surface area (Å²) in [6.45, 7) is 3.91. The molecular weight excluding hydrogens is 353 g/mol. The summed E-state index contributed by atoms with van der Waals surface area (Å²) in [7, 11) is 0. The van der Waals surface area contributed by atoms with Crippen molar-refractivity contribution in [1.82, 2.24) is 10.3 Å². The molecule has 3 rings (SSSR count). The van der Waals surface area contributed by atoms with E-state index in [-0.39, 0.29) is 36.3 Å². The van der Waals surface area contributed by atoms with Crippen LogP contribution < -0.4 is 11.1 Å². The van der Waals surface area contributed by atoms with Gasteiger partial charge in [0.15, 0.2) is 0 Å². The molecule has 1 aliphatic rings. The molecule has 2 aromatic rings. The van der Waals surface area contributed by atoms with Crippen LogP contribution in [0.3, 0.4) is 0 Å². The molecule has 0 unspecified atom stereocenters. The maximum atomic E-state index is 12.6. The van der Waals surface area contributed by atoms with Crippen LogP contribution in [0.25, 0.3) is 0 Å². The number of hydrogen-bond donors (Lipinski definition) is 2. The van der Waals surface area contributed by atoms with Crippen molar-refractivity contribution in [1.29, 1.82) is 0 Å². The van der Waals surface area contributed by atoms with E-state index in [9.17, 15) is 4.79 Å². The Kier molecular flexibility index (Phi) is 6.45. The largest absolute Gasteiger partial charge is 0.399 e. The molecule has 0 spiro atoms. The Morgan fingerprint density at radius 2 is 2.00 bits per heavy atom. The zero-order valence-corrected chi connectivity index (χ0v) is 15.5. The number of carbonyl (C=O) groups is 1. The molecule has 1 fully saturated rings. The SMILES string of the molecule is Cc1csc(C2(NC(=O)c3cc(N)ccc3C)CCC2)n1.Cl.Cl. The van der Waals surface area contributed by atoms with Crippen molar-refractivity contribution >= 4 is 47.7 Å². The third-order valence-corrected chi connectivity index (χ3v) is 5.26. The summed E-state index contributed by atoms with van der Waals surface area (Å²) in [4.78, 5) is 17.2. The average molecular weight is 374 g/mol. The lowest BCUT2D eigenvalue weighted by molar-refractivity contribution is 0.0822. The number of thiazole rings is 1. The number of rotatable bonds is 3. The molecule has 0 radical (unpaired) electrons. The Morgan fingerprint density at radius 1 is 1.30 bits per heavy atom. The van der Waals surface area contributed by atoms with Crippen molar-refractivity contribution in [3.63, 3.8) is 0 Å². The first-order valence-electron chi connectivity index (χ1n) is 7.11. The number of carbonyl (C=O) groups excluding carboxylic acids is 1. The first-order valence-corrected chi connectivity index (χ1v) is 7.99. The third kappa shape index (κ3) is 3.79. The molecule has 23 heavy (non-hydrogen) atoms. The summed E-state index contributed by atoms with van der Waals surface area (Å²) in [5.74, 6) is -0.0626. The lowest BCUT2D eigenvalue weighted by Crippen LogP contribution is -2.50. The van der Waals surface area contributed by atoms with Gasteiger partial charge in [-0.2, -0.15) is 0 Å². The number of halogens is 2. The Hall–Kier alpha value is -1.30. The van der Waals surface area contributed by atoms with Crippen LogP contribution in [0.15, 0.2) is 23.6 Å². The van der Waals surface area contributed by atoms with Crippen LogP contribution in [-0.2, 0) is 5.54 Å². The van der Waals surface area contributed by atoms with Crippen LogP contribution in [-0.4, -0.2) is 10.9 Å². The number of nitrogens with zero attached hydrogens (tertiary/aromatic N) is 1. The molecule has 126 valence electrons. The summed E-state index contributed by atoms with van der Waals surface area (Å²) in [5.41, 5.74) is 8.72. The number of aromatic nitrogens is 1. The van der Waals surface area contributed by atoms with Crippen LogP contribution in [0.5, 0.6) is 0 Å². The summed E-state index contributed by atoms with van der Waals surface area (Å²) < 4.78 is 0. The van der Waals surface area contributed by atoms with Gasteiger partial charge in [0.1, 0.15) is 5.01 Å². The number of benzene rings is 1. The molecule has 0 bridgehead atoms. The second-order valence-corrected chi connectivity index (χ2v) is 6.62. The maximum Gasteiger partial charge on any atom is 0.252 e. The van der Waals surface area contributed by atoms with Gasteiger partial charge in [0.05, 0.1) is 5.54 Å². The first-order chi connectivity index (χ1) is 10.00. The van der Waals surface area contributed by atoms with Crippen molar-refractivity contribution in [2.45, 2.75) is 38.6 Å². The third-order valence-electron chi connectivity index (χ3n) is 4.09. The summed E-state index contributed by atoms with van der Waals surface area (Å²) >= 11 is 1.63. The first kappa shape index (κ1) is 19.7. The van der Waals surface area contributed by atoms with E-state index >= 15 is 0 Å². The van der Waals surface area contributed by atoms with E-state index in [1.54, 1.807) is 17.4 Å². The van der Waals surface area contributed by atoms with Gasteiger partial charge in [0.2, 0.25) is 0 Å². The minimum absolute atomic E-state index is 0. The van der Waals surface area contributed by atoms with E-state index in [0.29, 0.717) is 11.3 Å². The molecule has 3 N–H and O–H groups in total. The fourth-order valence-corrected chi connectivity index (χ4v) is 3.68. The van der Waals surface area contributed by atoms with Crippen molar-refractivity contribution < 1.29 is 4.79 Å². The van der Waals surface area contributed by atoms with Gasteiger partial charge in [-0.05, 0) is 50.8 Å². The maximum absolute atomic E-state index is 12.6. The molecule has 1 amide bonds. The highest BCUT2D eigenvalue weighted by Crippen LogP contribution is 2.42. The standard InChI is InChI=1S/C16H19N3OS.2ClH/c1-10-4-5-12(17)8-13(10)14(20)19-16(6-3-7-16)15-18-11(2)9-21-15;;/h4-5,8-9H,3,6-7,17H2,1-2H3,(H,19,20);2*1H. The van der Waals surface area contributed by atoms with E-state index in [1.165, 1.54) is 0 Å². The molecule has 1 saturated carbocycles. The number of nitrogens with one attached hydrogen (secondary N) is 1. The average Bonchev–Trinajstić information content (AvgIpc) is 2.83. The zero-order chi connectivity index (χ0) is 15.0. The fourth-order valence-electron chi connectivity index (χ4n) is 2.67. The number of anilines is 1. The van der Waals surface area contributed by atoms with Gasteiger partial charge < -0.3 is 11.1 Å². The second-order valence-electron chi connectivity index (χ2n) is 5.76. The van der Waals surface area contributed by atoms with Crippen LogP contribution in [0.4, 0.5) is 5.69 Å². The topological polar surface area (TPSA) is 68.0 Å². The van der Waals surface area contributed by atoms with E-state index in [0.717, 1.165) is 35.5 Å². The molecule has 1 aromatic carbocycles. The molecule has 1 aromatic heterocycles. The van der Waals surface area contributed by atoms with Gasteiger partial charge in [-0.3, -0.25) is 4.79 Å². The smallest absolute Gasteiger partial charge is 0.252 e. The van der Waals surface area contributed by atoms with Crippen LogP contribution in [0.2, 0.25) is 0 Å². The van der Waals surface area contributed by atoms with Crippen LogP contribution in [0.1, 0.15) is 45.9 Å². The lowest BCUT2D eigenvalue weighted by Gasteiger charge is -2.41. The summed E-state index contributed by atoms with van der Waals surface area (Å²) in [5, 5.41) is 6.25. The van der Waals surface area contributed by atoms with Crippen molar-refractivity contribution in [2.24, 2.45) is 0 Å². The van der Waals surface area contributed by atoms with Gasteiger partial charge >= 0.3 is 0 Å². The van der Waals surface area contributed by atoms with Gasteiger partial charge in [-0.15, -0.1) is 36.2 Å². The Balaban J connectivity index is 0.00000132. The van der Waals surface area contributed by atoms with Gasteiger partial charge in [-0.25, -0.2) is 4.98 Å². The molecule has 4 nitrogen and oxygen atoms in total. The quantitative estimate of drug-likeness (QED) is 0.798. The second kappa shape index (κ2) is 7.51. The highest BCUT2D eigenvalue weighted by molar-refractivity contribution is 7.09. The summed E-state index contributed by atoms with van der Waals surface area (Å²) in [6.07, 6.45) is 3.02. The van der Waals surface area contributed by atoms with Gasteiger partial charge in [0.25, 0.3) is 5.91 Å². The minimum Gasteiger partial charge on any atom is -0.399 e. The number of hydrogen-bond acceptors (Lipinski definition) is 4. The van der Waals surface area contributed by atoms with E-state index < -0.39 is 0 Å². The number of nitrogen functional groups attached to an aromatic ring is 1. The zero-order valence-electron chi connectivity index (χ0n) is 13.1. The minimum atomic E-state index is -0.285. The fraction of sp³-hybridized carbons (Fsp3) is 0.375. The molecular formula is C16H21Cl2N3OS. The van der Waals surface area contributed by atoms with Crippen molar-refractivity contribution in [2.75, 3.05) is 5.73 Å². The highest BCUT2D eigenvalue weighted by Gasteiger charge is 2.42. The van der Waals surface area contributed by atoms with Crippen LogP contribution in [0, 0.1) is 13.8 Å². The van der Waals surface area contributed by atoms with E-state index in [1.807, 2.05) is 31.4 Å². The van der Waals surface area contributed by atoms with Crippen molar-refractivity contribution in [3.8, 4) is 0 Å². The monoisotopic (exact) mass is 373 g/mol. The number of aryl methyl sites for hydroxylation is 2. The molecule has 0 saturated heterocycles. The molecule has 0 atom stereocenters. The lowest BCUT2D eigenvalue weighted by atomic mass is 9.77. The molecule has 1 aliphatic carbocycles. The van der Waals surface area contributed by atoms with Gasteiger partial charge in [-0.1, -0.05) is 6.07 Å². The Morgan fingerprint density at radius 3 is 2.52 bits per heavy atom. The highest BCUT2D eigenvalue weighted by atomic mass is 35.5. The molecule has 0 aliphatic heterocycles. The molecule has 1 heterocycles. The van der Waals surface area contributed by atoms with Gasteiger partial charge in [0, 0.05) is 22.3 Å². The van der Waals surface area contributed by atoms with E-state index in [4.69, 9.17) is 5.73 Å². The molecule has 7 heteroatoms. The Bertz CT molecular complexity index is 698. The number of nitrogens with two attached hydrogens (primary N) is 1. The Labute approximate surface area is 152 Å². The summed E-state index contributed by atoms with van der Waals surface area (Å²) in [6, 6.07) is 5.44. The normalized spacial score (nSPS) is 14.9. The van der Waals surface area contributed by atoms with Crippen molar-refractivity contribution in [3.05, 3.63) is 45.4 Å². The predicted molar refractivity (Wildman–Crippen MR) is 99.9 cm³/mol. The van der Waals surface area contributed by atoms with Crippen LogP contribution >= 0.6 is 36.2 Å². The van der Waals surface area contributed by atoms with E-state index in [2.05, 4.69) is 10.3 Å². The predicted octanol–water partition coefficient (Wildman–Crippen LogP) is 3.99.